The zero-order chi connectivity index (χ0) is 50.2. The normalized spacial score (nSPS) is 46.0. The van der Waals surface area contributed by atoms with Gasteiger partial charge >= 0.3 is 0 Å². The minimum absolute atomic E-state index is 0.173. The number of aldehydes is 1. The number of carbonyl (C=O) groups excluding carboxylic acids is 1. The first-order valence-electron chi connectivity index (χ1n) is 29.2. The summed E-state index contributed by atoms with van der Waals surface area (Å²) in [5.41, 5.74) is 1.78. The van der Waals surface area contributed by atoms with Crippen LogP contribution >= 0.6 is 0 Å². The van der Waals surface area contributed by atoms with Crippen molar-refractivity contribution in [2.45, 2.75) is 248 Å². The Hall–Kier alpha value is -0.536. The molecule has 0 aromatic rings. The molecule has 8 saturated carbocycles. The maximum atomic E-state index is 11.0. The van der Waals surface area contributed by atoms with Crippen LogP contribution in [0.3, 0.4) is 0 Å². The van der Waals surface area contributed by atoms with Crippen molar-refractivity contribution in [3.05, 3.63) is 24.3 Å². The molecule has 0 aromatic heterocycles. The zero-order valence-electron chi connectivity index (χ0n) is 47.8. The molecular weight excluding hydrogens is 865 g/mol. The van der Waals surface area contributed by atoms with Gasteiger partial charge in [0.1, 0.15) is 6.29 Å². The van der Waals surface area contributed by atoms with Crippen LogP contribution in [0.15, 0.2) is 24.3 Å². The molecule has 0 amide bonds. The van der Waals surface area contributed by atoms with Gasteiger partial charge in [0.15, 0.2) is 16.6 Å². The second-order valence-corrected chi connectivity index (χ2v) is 39.9. The van der Waals surface area contributed by atoms with E-state index in [1.165, 1.54) is 103 Å². The predicted octanol–water partition coefficient (Wildman–Crippen LogP) is 17.1. The number of carbonyl (C=O) groups is 1. The number of allylic oxidation sites excluding steroid dienone is 3. The Morgan fingerprint density at radius 2 is 0.912 bits per heavy atom. The molecule has 0 radical (unpaired) electrons. The van der Waals surface area contributed by atoms with Crippen molar-refractivity contribution in [3.63, 3.8) is 0 Å². The third-order valence-corrected chi connectivity index (χ3v) is 33.8. The molecule has 0 aromatic carbocycles. The molecule has 68 heavy (non-hydrogen) atoms. The number of aliphatic hydroxyl groups is 1. The standard InChI is InChI=1S/C31H56O2Si.C31H54O2Si/c2*1-21-14-16-31(7)26-15-17-30(6)24(22(2)11-10-18-32)12-13-25(30)23(26)20-28(27(31)19-21)33-34(8,9)29(3,4)5/h10-11,21-28,32H,12-20H2,1-9H3;10-11,18,21-28H,12-17,19-20H2,1-9H3/b2*11-10+/t2*21-,22-,23?,24-,25?,26?,27+,28+,30-,31-/m11/s1. The van der Waals surface area contributed by atoms with Crippen LogP contribution in [-0.2, 0) is 13.6 Å². The Morgan fingerprint density at radius 3 is 1.28 bits per heavy atom. The van der Waals surface area contributed by atoms with E-state index in [0.29, 0.717) is 51.6 Å². The lowest BCUT2D eigenvalue weighted by Crippen LogP contribution is -2.60. The highest BCUT2D eigenvalue weighted by molar-refractivity contribution is 6.74. The summed E-state index contributed by atoms with van der Waals surface area (Å²) in [5, 5.41) is 9.88. The van der Waals surface area contributed by atoms with Gasteiger partial charge in [-0.25, -0.2) is 0 Å². The van der Waals surface area contributed by atoms with E-state index in [2.05, 4.69) is 135 Å². The maximum absolute atomic E-state index is 11.0. The SMILES string of the molecule is C[C@@H]1CC[C@]2(C)C3CC[C@@]4(C)C(CC[C@@H]4[C@H](C)/C=C/C=O)C3C[C@H](O[Si](C)(C)C(C)(C)C)[C@@H]2C1.C[C@@H]1CC[C@]2(C)C3CC[C@@]4(C)C(CC[C@@H]4[C@H](C)/C=C/CO)C3C[C@H](O[Si](C)(C)C(C)(C)C)[C@@H]2C1. The van der Waals surface area contributed by atoms with Crippen molar-refractivity contribution in [1.29, 1.82) is 0 Å². The van der Waals surface area contributed by atoms with E-state index < -0.39 is 16.6 Å². The van der Waals surface area contributed by atoms with Crippen LogP contribution in [0, 0.1) is 105 Å². The molecule has 0 aliphatic heterocycles. The van der Waals surface area contributed by atoms with E-state index in [4.69, 9.17) is 8.85 Å². The summed E-state index contributed by atoms with van der Waals surface area (Å²) in [6, 6.07) is 0. The smallest absolute Gasteiger partial charge is 0.192 e. The average Bonchev–Trinajstić information content (AvgIpc) is 3.79. The van der Waals surface area contributed by atoms with Crippen molar-refractivity contribution < 1.29 is 18.8 Å². The first-order chi connectivity index (χ1) is 31.5. The topological polar surface area (TPSA) is 55.8 Å². The Bertz CT molecular complexity index is 1790. The molecule has 6 unspecified atom stereocenters. The highest BCUT2D eigenvalue weighted by Gasteiger charge is 2.65. The van der Waals surface area contributed by atoms with Crippen LogP contribution in [0.2, 0.25) is 36.3 Å². The van der Waals surface area contributed by atoms with Crippen LogP contribution in [0.25, 0.3) is 0 Å². The Morgan fingerprint density at radius 1 is 0.544 bits per heavy atom. The van der Waals surface area contributed by atoms with Crippen LogP contribution in [0.1, 0.15) is 200 Å². The van der Waals surface area contributed by atoms with Crippen LogP contribution < -0.4 is 0 Å². The number of hydrogen-bond donors (Lipinski definition) is 1. The average molecular weight is 976 g/mol. The Kier molecular flexibility index (Phi) is 16.2. The number of rotatable bonds is 10. The lowest BCUT2D eigenvalue weighted by Gasteiger charge is -2.64. The quantitative estimate of drug-likeness (QED) is 0.103. The Labute approximate surface area is 423 Å². The summed E-state index contributed by atoms with van der Waals surface area (Å²) in [4.78, 5) is 11.0. The summed E-state index contributed by atoms with van der Waals surface area (Å²) in [6.07, 6.45) is 32.2. The van der Waals surface area contributed by atoms with Crippen LogP contribution in [0.5, 0.6) is 0 Å². The fourth-order valence-electron chi connectivity index (χ4n) is 18.9. The van der Waals surface area contributed by atoms with Crippen molar-refractivity contribution in [1.82, 2.24) is 0 Å². The molecule has 390 valence electrons. The summed E-state index contributed by atoms with van der Waals surface area (Å²) in [7, 11) is -3.63. The molecule has 6 heteroatoms. The highest BCUT2D eigenvalue weighted by Crippen LogP contribution is 2.71. The summed E-state index contributed by atoms with van der Waals surface area (Å²) >= 11 is 0. The molecule has 0 bridgehead atoms. The van der Waals surface area contributed by atoms with Gasteiger partial charge in [0.2, 0.25) is 0 Å². The van der Waals surface area contributed by atoms with Gasteiger partial charge < -0.3 is 14.0 Å². The van der Waals surface area contributed by atoms with E-state index >= 15 is 0 Å². The van der Waals surface area contributed by atoms with E-state index in [9.17, 15) is 9.90 Å². The second-order valence-electron chi connectivity index (χ2n) is 30.3. The molecule has 8 aliphatic rings. The van der Waals surface area contributed by atoms with Crippen LogP contribution in [-0.4, -0.2) is 46.8 Å². The van der Waals surface area contributed by atoms with Gasteiger partial charge in [-0.05, 0) is 237 Å². The van der Waals surface area contributed by atoms with Gasteiger partial charge in [-0.15, -0.1) is 0 Å². The van der Waals surface area contributed by atoms with Crippen molar-refractivity contribution in [3.8, 4) is 0 Å². The van der Waals surface area contributed by atoms with Gasteiger partial charge in [0.25, 0.3) is 0 Å². The number of aliphatic hydroxyl groups excluding tert-OH is 1. The molecule has 8 fully saturated rings. The molecule has 4 nitrogen and oxygen atoms in total. The largest absolute Gasteiger partial charge is 0.414 e. The third-order valence-electron chi connectivity index (χ3n) is 24.8. The van der Waals surface area contributed by atoms with E-state index in [0.717, 1.165) is 71.4 Å². The fourth-order valence-corrected chi connectivity index (χ4v) is 21.6. The zero-order valence-corrected chi connectivity index (χ0v) is 49.8. The van der Waals surface area contributed by atoms with Crippen molar-refractivity contribution >= 4 is 22.9 Å². The molecule has 8 aliphatic carbocycles. The lowest BCUT2D eigenvalue weighted by molar-refractivity contribution is -0.160. The van der Waals surface area contributed by atoms with Crippen molar-refractivity contribution in [2.75, 3.05) is 6.61 Å². The van der Waals surface area contributed by atoms with Crippen LogP contribution in [0.4, 0.5) is 0 Å². The summed E-state index contributed by atoms with van der Waals surface area (Å²) in [5.74, 6) is 10.8. The Balaban J connectivity index is 0.000000201. The summed E-state index contributed by atoms with van der Waals surface area (Å²) in [6.45, 7) is 44.9. The van der Waals surface area contributed by atoms with Gasteiger partial charge in [0, 0.05) is 12.2 Å². The molecule has 0 heterocycles. The maximum Gasteiger partial charge on any atom is 0.192 e. The van der Waals surface area contributed by atoms with Gasteiger partial charge in [0.05, 0.1) is 6.61 Å². The first kappa shape index (κ1) is 55.2. The van der Waals surface area contributed by atoms with Gasteiger partial charge in [-0.1, -0.05) is 128 Å². The summed E-state index contributed by atoms with van der Waals surface area (Å²) < 4.78 is 14.8. The van der Waals surface area contributed by atoms with Crippen molar-refractivity contribution in [2.24, 2.45) is 105 Å². The first-order valence-corrected chi connectivity index (χ1v) is 35.1. The number of fused-ring (bicyclic) bond motifs is 10. The minimum Gasteiger partial charge on any atom is -0.414 e. The molecular formula is C62H110O4Si2. The molecule has 20 atom stereocenters. The van der Waals surface area contributed by atoms with E-state index in [1.54, 1.807) is 6.08 Å². The molecule has 0 spiro atoms. The van der Waals surface area contributed by atoms with E-state index in [-0.39, 0.29) is 16.7 Å². The number of hydrogen-bond acceptors (Lipinski definition) is 4. The predicted molar refractivity (Wildman–Crippen MR) is 293 cm³/mol. The molecule has 0 saturated heterocycles. The molecule has 1 N–H and O–H groups in total. The minimum atomic E-state index is -1.82. The second kappa shape index (κ2) is 20.0. The third kappa shape index (κ3) is 9.94. The van der Waals surface area contributed by atoms with E-state index in [1.807, 2.05) is 6.08 Å². The molecule has 8 rings (SSSR count). The van der Waals surface area contributed by atoms with Gasteiger partial charge in [-0.2, -0.15) is 0 Å². The highest BCUT2D eigenvalue weighted by atomic mass is 28.4. The van der Waals surface area contributed by atoms with Gasteiger partial charge in [-0.3, -0.25) is 4.79 Å². The fraction of sp³-hybridized carbons (Fsp3) is 0.919. The monoisotopic (exact) mass is 975 g/mol. The lowest BCUT2D eigenvalue weighted by atomic mass is 9.43.